The van der Waals surface area contributed by atoms with Gasteiger partial charge in [0, 0.05) is 11.8 Å². The van der Waals surface area contributed by atoms with Crippen molar-refractivity contribution >= 4 is 29.6 Å². The third kappa shape index (κ3) is 3.74. The molecule has 4 amide bonds. The Balaban J connectivity index is 1.83. The van der Waals surface area contributed by atoms with Gasteiger partial charge < -0.3 is 10.6 Å². The van der Waals surface area contributed by atoms with E-state index in [2.05, 4.69) is 17.6 Å². The molecule has 7 heteroatoms. The largest absolute Gasteiger partial charge is 0.352 e. The number of nitrogens with zero attached hydrogens (tertiary/aromatic N) is 1. The van der Waals surface area contributed by atoms with E-state index in [1.807, 2.05) is 6.92 Å². The Morgan fingerprint density at radius 2 is 2.23 bits per heavy atom. The number of unbranched alkanes of at least 4 members (excludes halogenated alkanes) is 2. The fraction of sp³-hybridized carbons (Fsp3) is 0.800. The van der Waals surface area contributed by atoms with Crippen molar-refractivity contribution in [1.29, 1.82) is 0 Å². The van der Waals surface area contributed by atoms with E-state index >= 15 is 0 Å². The predicted molar refractivity (Wildman–Crippen MR) is 86.7 cm³/mol. The number of amides is 4. The lowest BCUT2D eigenvalue weighted by atomic mass is 9.99. The van der Waals surface area contributed by atoms with Crippen LogP contribution in [-0.4, -0.2) is 52.4 Å². The second kappa shape index (κ2) is 7.35. The van der Waals surface area contributed by atoms with Gasteiger partial charge in [0.25, 0.3) is 5.91 Å². The summed E-state index contributed by atoms with van der Waals surface area (Å²) in [5.74, 6) is 0.940. The van der Waals surface area contributed by atoms with Gasteiger partial charge in [0.2, 0.25) is 5.91 Å². The Morgan fingerprint density at radius 3 is 2.86 bits per heavy atom. The van der Waals surface area contributed by atoms with Gasteiger partial charge in [0.05, 0.1) is 0 Å². The van der Waals surface area contributed by atoms with Crippen LogP contribution in [0.15, 0.2) is 0 Å². The van der Waals surface area contributed by atoms with Gasteiger partial charge in [0.15, 0.2) is 0 Å². The van der Waals surface area contributed by atoms with Crippen LogP contribution >= 0.6 is 11.8 Å². The van der Waals surface area contributed by atoms with E-state index in [9.17, 15) is 14.4 Å². The van der Waals surface area contributed by atoms with Gasteiger partial charge >= 0.3 is 6.03 Å². The van der Waals surface area contributed by atoms with E-state index < -0.39 is 11.6 Å². The Morgan fingerprint density at radius 1 is 1.45 bits per heavy atom. The molecule has 2 aliphatic rings. The molecular formula is C15H25N3O3S. The third-order valence-electron chi connectivity index (χ3n) is 4.22. The molecule has 6 nitrogen and oxygen atoms in total. The van der Waals surface area contributed by atoms with E-state index in [1.165, 1.54) is 0 Å². The number of imide groups is 1. The minimum absolute atomic E-state index is 0.0656. The summed E-state index contributed by atoms with van der Waals surface area (Å²) in [6.45, 7) is 3.90. The molecular weight excluding hydrogens is 302 g/mol. The molecule has 22 heavy (non-hydrogen) atoms. The Labute approximate surface area is 135 Å². The number of nitrogens with one attached hydrogen (secondary N) is 2. The number of carbonyl (C=O) groups excluding carboxylic acids is 3. The lowest BCUT2D eigenvalue weighted by molar-refractivity contribution is -0.134. The molecule has 0 aromatic rings. The number of urea groups is 1. The number of hydrogen-bond donors (Lipinski definition) is 2. The summed E-state index contributed by atoms with van der Waals surface area (Å²) >= 11 is 1.66. The maximum absolute atomic E-state index is 12.4. The van der Waals surface area contributed by atoms with E-state index in [0.29, 0.717) is 12.2 Å². The van der Waals surface area contributed by atoms with Crippen LogP contribution in [0.1, 0.15) is 46.0 Å². The van der Waals surface area contributed by atoms with Crippen LogP contribution in [0.2, 0.25) is 0 Å². The first-order chi connectivity index (χ1) is 10.5. The van der Waals surface area contributed by atoms with Gasteiger partial charge in [0.1, 0.15) is 12.1 Å². The van der Waals surface area contributed by atoms with Crippen LogP contribution in [0.5, 0.6) is 0 Å². The minimum Gasteiger partial charge on any atom is -0.352 e. The molecule has 0 saturated carbocycles. The smallest absolute Gasteiger partial charge is 0.325 e. The van der Waals surface area contributed by atoms with Crippen molar-refractivity contribution in [2.45, 2.75) is 57.5 Å². The Kier molecular flexibility index (Phi) is 5.72. The van der Waals surface area contributed by atoms with Gasteiger partial charge in [-0.15, -0.1) is 0 Å². The number of hydrogen-bond acceptors (Lipinski definition) is 4. The third-order valence-corrected chi connectivity index (χ3v) is 5.41. The lowest BCUT2D eigenvalue weighted by Crippen LogP contribution is -2.48. The number of carbonyl (C=O) groups is 3. The van der Waals surface area contributed by atoms with Gasteiger partial charge in [-0.25, -0.2) is 4.79 Å². The standard InChI is InChI=1S/C15H25N3O3S/c1-3-4-5-6-11(2)16-12(19)9-18-13(20)15(17-14(18)21)7-8-22-10-15/h11H,3-10H2,1-2H3,(H,16,19)(H,17,21)/t11-,15-/m1/s1. The molecule has 124 valence electrons. The van der Waals surface area contributed by atoms with Crippen molar-refractivity contribution < 1.29 is 14.4 Å². The highest BCUT2D eigenvalue weighted by Gasteiger charge is 2.53. The average molecular weight is 327 g/mol. The summed E-state index contributed by atoms with van der Waals surface area (Å²) in [5, 5.41) is 5.63. The summed E-state index contributed by atoms with van der Waals surface area (Å²) in [6.07, 6.45) is 4.92. The van der Waals surface area contributed by atoms with E-state index in [-0.39, 0.29) is 24.4 Å². The zero-order valence-electron chi connectivity index (χ0n) is 13.3. The molecule has 2 rings (SSSR count). The first kappa shape index (κ1) is 17.1. The van der Waals surface area contributed by atoms with Crippen LogP contribution in [0.4, 0.5) is 4.79 Å². The second-order valence-corrected chi connectivity index (χ2v) is 7.28. The highest BCUT2D eigenvalue weighted by molar-refractivity contribution is 7.99. The van der Waals surface area contributed by atoms with E-state index in [0.717, 1.165) is 36.3 Å². The molecule has 0 radical (unpaired) electrons. The Hall–Kier alpha value is -1.24. The van der Waals surface area contributed by atoms with Crippen molar-refractivity contribution in [2.75, 3.05) is 18.1 Å². The monoisotopic (exact) mass is 327 g/mol. The molecule has 2 saturated heterocycles. The highest BCUT2D eigenvalue weighted by atomic mass is 32.2. The molecule has 2 fully saturated rings. The summed E-state index contributed by atoms with van der Waals surface area (Å²) in [6, 6.07) is -0.378. The summed E-state index contributed by atoms with van der Waals surface area (Å²) in [7, 11) is 0. The van der Waals surface area contributed by atoms with Crippen LogP contribution < -0.4 is 10.6 Å². The maximum Gasteiger partial charge on any atom is 0.325 e. The molecule has 2 heterocycles. The van der Waals surface area contributed by atoms with Crippen molar-refractivity contribution in [3.63, 3.8) is 0 Å². The summed E-state index contributed by atoms with van der Waals surface area (Å²) in [4.78, 5) is 37.5. The average Bonchev–Trinajstić information content (AvgIpc) is 3.01. The molecule has 0 aromatic carbocycles. The van der Waals surface area contributed by atoms with Crippen molar-refractivity contribution in [1.82, 2.24) is 15.5 Å². The molecule has 2 N–H and O–H groups in total. The zero-order chi connectivity index (χ0) is 16.2. The molecule has 2 aliphatic heterocycles. The minimum atomic E-state index is -0.769. The van der Waals surface area contributed by atoms with Gasteiger partial charge in [-0.1, -0.05) is 26.2 Å². The second-order valence-electron chi connectivity index (χ2n) is 6.17. The molecule has 0 aliphatic carbocycles. The lowest BCUT2D eigenvalue weighted by Gasteiger charge is -2.20. The normalized spacial score (nSPS) is 25.6. The quantitative estimate of drug-likeness (QED) is 0.549. The van der Waals surface area contributed by atoms with Crippen LogP contribution in [0.25, 0.3) is 0 Å². The van der Waals surface area contributed by atoms with Crippen LogP contribution in [-0.2, 0) is 9.59 Å². The molecule has 0 aromatic heterocycles. The fourth-order valence-corrected chi connectivity index (χ4v) is 4.21. The van der Waals surface area contributed by atoms with Crippen molar-refractivity contribution in [3.8, 4) is 0 Å². The first-order valence-corrected chi connectivity index (χ1v) is 9.15. The van der Waals surface area contributed by atoms with Gasteiger partial charge in [-0.2, -0.15) is 11.8 Å². The topological polar surface area (TPSA) is 78.5 Å². The molecule has 2 atom stereocenters. The van der Waals surface area contributed by atoms with Crippen LogP contribution in [0.3, 0.4) is 0 Å². The van der Waals surface area contributed by atoms with Gasteiger partial charge in [-0.3, -0.25) is 14.5 Å². The highest BCUT2D eigenvalue weighted by Crippen LogP contribution is 2.33. The van der Waals surface area contributed by atoms with Crippen LogP contribution in [0, 0.1) is 0 Å². The zero-order valence-corrected chi connectivity index (χ0v) is 14.1. The van der Waals surface area contributed by atoms with E-state index in [4.69, 9.17) is 0 Å². The number of rotatable bonds is 7. The van der Waals surface area contributed by atoms with E-state index in [1.54, 1.807) is 11.8 Å². The Bertz CT molecular complexity index is 449. The first-order valence-electron chi connectivity index (χ1n) is 8.00. The molecule has 0 unspecified atom stereocenters. The van der Waals surface area contributed by atoms with Crippen molar-refractivity contribution in [3.05, 3.63) is 0 Å². The van der Waals surface area contributed by atoms with Gasteiger partial charge in [-0.05, 0) is 25.5 Å². The SMILES string of the molecule is CCCCC[C@@H](C)NC(=O)CN1C(=O)N[C@@]2(CCSC2)C1=O. The molecule has 0 bridgehead atoms. The predicted octanol–water partition coefficient (Wildman–Crippen LogP) is 1.50. The number of thioether (sulfide) groups is 1. The van der Waals surface area contributed by atoms with Crippen molar-refractivity contribution in [2.24, 2.45) is 0 Å². The molecule has 1 spiro atoms. The summed E-state index contributed by atoms with van der Waals surface area (Å²) < 4.78 is 0. The fourth-order valence-electron chi connectivity index (χ4n) is 2.89. The maximum atomic E-state index is 12.4. The summed E-state index contributed by atoms with van der Waals surface area (Å²) in [5.41, 5.74) is -0.769.